The Morgan fingerprint density at radius 1 is 1.42 bits per heavy atom. The first kappa shape index (κ1) is 14.5. The standard InChI is InChI=1S/C12H14BrNO4S/c13-10-4-1-5-11(7-10)19(17,18)14-6-2-3-9(8-14)12(15)16/h1,4-5,7,9H,2-3,6,8H2,(H,15,16). The summed E-state index contributed by atoms with van der Waals surface area (Å²) in [4.78, 5) is 11.2. The molecule has 0 spiro atoms. The van der Waals surface area contributed by atoms with Gasteiger partial charge in [-0.05, 0) is 31.0 Å². The van der Waals surface area contributed by atoms with Crippen molar-refractivity contribution < 1.29 is 18.3 Å². The number of hydrogen-bond donors (Lipinski definition) is 1. The van der Waals surface area contributed by atoms with Crippen LogP contribution in [0.4, 0.5) is 0 Å². The van der Waals surface area contributed by atoms with Gasteiger partial charge in [-0.3, -0.25) is 4.79 Å². The Kier molecular flexibility index (Phi) is 4.27. The first-order valence-electron chi connectivity index (χ1n) is 5.90. The minimum atomic E-state index is -3.61. The molecule has 1 unspecified atom stereocenters. The van der Waals surface area contributed by atoms with Gasteiger partial charge in [0.25, 0.3) is 0 Å². The van der Waals surface area contributed by atoms with E-state index in [-0.39, 0.29) is 11.4 Å². The maximum absolute atomic E-state index is 12.4. The summed E-state index contributed by atoms with van der Waals surface area (Å²) in [5.74, 6) is -1.55. The molecule has 1 fully saturated rings. The van der Waals surface area contributed by atoms with Gasteiger partial charge in [0.05, 0.1) is 10.8 Å². The number of carbonyl (C=O) groups is 1. The van der Waals surface area contributed by atoms with Crippen LogP contribution in [0.5, 0.6) is 0 Å². The lowest BCUT2D eigenvalue weighted by molar-refractivity contribution is -0.142. The molecule has 1 aromatic carbocycles. The van der Waals surface area contributed by atoms with E-state index < -0.39 is 21.9 Å². The van der Waals surface area contributed by atoms with Crippen LogP contribution >= 0.6 is 15.9 Å². The number of carboxylic acid groups (broad SMARTS) is 1. The summed E-state index contributed by atoms with van der Waals surface area (Å²) < 4.78 is 26.8. The number of carboxylic acids is 1. The zero-order valence-corrected chi connectivity index (χ0v) is 12.5. The van der Waals surface area contributed by atoms with Crippen molar-refractivity contribution in [2.45, 2.75) is 17.7 Å². The van der Waals surface area contributed by atoms with Gasteiger partial charge < -0.3 is 5.11 Å². The van der Waals surface area contributed by atoms with E-state index in [0.717, 1.165) is 0 Å². The van der Waals surface area contributed by atoms with Crippen LogP contribution in [0, 0.1) is 5.92 Å². The Morgan fingerprint density at radius 2 is 2.16 bits per heavy atom. The number of piperidine rings is 1. The zero-order valence-electron chi connectivity index (χ0n) is 10.1. The summed E-state index contributed by atoms with van der Waals surface area (Å²) in [6.45, 7) is 0.419. The van der Waals surface area contributed by atoms with Crippen molar-refractivity contribution in [2.24, 2.45) is 5.92 Å². The third kappa shape index (κ3) is 3.16. The molecular weight excluding hydrogens is 334 g/mol. The molecule has 0 aliphatic carbocycles. The lowest BCUT2D eigenvalue weighted by atomic mass is 10.0. The number of aliphatic carboxylic acids is 1. The van der Waals surface area contributed by atoms with Gasteiger partial charge in [0.15, 0.2) is 0 Å². The molecule has 0 saturated carbocycles. The maximum atomic E-state index is 12.4. The zero-order chi connectivity index (χ0) is 14.0. The predicted octanol–water partition coefficient (Wildman–Crippen LogP) is 1.93. The molecule has 7 heteroatoms. The Balaban J connectivity index is 2.27. The van der Waals surface area contributed by atoms with Gasteiger partial charge in [-0.2, -0.15) is 4.31 Å². The van der Waals surface area contributed by atoms with Gasteiger partial charge >= 0.3 is 5.97 Å². The second-order valence-electron chi connectivity index (χ2n) is 4.50. The molecule has 1 N–H and O–H groups in total. The molecule has 1 atom stereocenters. The van der Waals surface area contributed by atoms with Crippen LogP contribution in [0.3, 0.4) is 0 Å². The number of hydrogen-bond acceptors (Lipinski definition) is 3. The second kappa shape index (κ2) is 5.60. The summed E-state index contributed by atoms with van der Waals surface area (Å²) in [7, 11) is -3.61. The molecule has 0 radical (unpaired) electrons. The van der Waals surface area contributed by atoms with Crippen molar-refractivity contribution in [1.29, 1.82) is 0 Å². The highest BCUT2D eigenvalue weighted by molar-refractivity contribution is 9.10. The van der Waals surface area contributed by atoms with E-state index >= 15 is 0 Å². The van der Waals surface area contributed by atoms with Crippen LogP contribution in [-0.4, -0.2) is 36.9 Å². The van der Waals surface area contributed by atoms with Crippen LogP contribution in [0.2, 0.25) is 0 Å². The smallest absolute Gasteiger partial charge is 0.307 e. The van der Waals surface area contributed by atoms with Crippen molar-refractivity contribution in [1.82, 2.24) is 4.31 Å². The lowest BCUT2D eigenvalue weighted by Crippen LogP contribution is -2.42. The van der Waals surface area contributed by atoms with E-state index in [1.165, 1.54) is 16.4 Å². The number of rotatable bonds is 3. The van der Waals surface area contributed by atoms with Gasteiger partial charge in [0, 0.05) is 17.6 Å². The van der Waals surface area contributed by atoms with Crippen molar-refractivity contribution in [3.63, 3.8) is 0 Å². The highest BCUT2D eigenvalue weighted by Gasteiger charge is 2.33. The Bertz CT molecular complexity index is 587. The lowest BCUT2D eigenvalue weighted by Gasteiger charge is -2.29. The first-order valence-corrected chi connectivity index (χ1v) is 8.13. The van der Waals surface area contributed by atoms with Gasteiger partial charge in [-0.25, -0.2) is 8.42 Å². The predicted molar refractivity (Wildman–Crippen MR) is 73.3 cm³/mol. The number of halogens is 1. The molecule has 104 valence electrons. The third-order valence-corrected chi connectivity index (χ3v) is 5.52. The van der Waals surface area contributed by atoms with Crippen LogP contribution in [0.15, 0.2) is 33.6 Å². The quantitative estimate of drug-likeness (QED) is 0.906. The minimum Gasteiger partial charge on any atom is -0.481 e. The monoisotopic (exact) mass is 347 g/mol. The number of benzene rings is 1. The number of sulfonamides is 1. The molecule has 1 aliphatic heterocycles. The van der Waals surface area contributed by atoms with E-state index in [4.69, 9.17) is 5.11 Å². The fourth-order valence-electron chi connectivity index (χ4n) is 2.14. The number of nitrogens with zero attached hydrogens (tertiary/aromatic N) is 1. The molecule has 19 heavy (non-hydrogen) atoms. The molecule has 0 amide bonds. The van der Waals surface area contributed by atoms with Gasteiger partial charge in [-0.1, -0.05) is 22.0 Å². The van der Waals surface area contributed by atoms with Gasteiger partial charge in [0.1, 0.15) is 0 Å². The summed E-state index contributed by atoms with van der Waals surface area (Å²) in [5, 5.41) is 9.01. The highest BCUT2D eigenvalue weighted by Crippen LogP contribution is 2.25. The van der Waals surface area contributed by atoms with Crippen molar-refractivity contribution >= 4 is 31.9 Å². The topological polar surface area (TPSA) is 74.7 Å². The van der Waals surface area contributed by atoms with E-state index in [1.54, 1.807) is 12.1 Å². The molecule has 0 aromatic heterocycles. The van der Waals surface area contributed by atoms with E-state index in [1.807, 2.05) is 0 Å². The summed E-state index contributed by atoms with van der Waals surface area (Å²) >= 11 is 3.24. The summed E-state index contributed by atoms with van der Waals surface area (Å²) in [6.07, 6.45) is 1.10. The Labute approximate surface area is 120 Å². The summed E-state index contributed by atoms with van der Waals surface area (Å²) in [6, 6.07) is 6.44. The third-order valence-electron chi connectivity index (χ3n) is 3.17. The maximum Gasteiger partial charge on any atom is 0.307 e. The van der Waals surface area contributed by atoms with E-state index in [0.29, 0.717) is 23.9 Å². The fourth-order valence-corrected chi connectivity index (χ4v) is 4.26. The molecule has 1 aromatic rings. The second-order valence-corrected chi connectivity index (χ2v) is 7.35. The van der Waals surface area contributed by atoms with Crippen LogP contribution < -0.4 is 0 Å². The fraction of sp³-hybridized carbons (Fsp3) is 0.417. The van der Waals surface area contributed by atoms with E-state index in [2.05, 4.69) is 15.9 Å². The van der Waals surface area contributed by atoms with Crippen molar-refractivity contribution in [2.75, 3.05) is 13.1 Å². The van der Waals surface area contributed by atoms with Gasteiger partial charge in [-0.15, -0.1) is 0 Å². The molecular formula is C12H14BrNO4S. The van der Waals surface area contributed by atoms with Crippen LogP contribution in [0.25, 0.3) is 0 Å². The van der Waals surface area contributed by atoms with Crippen LogP contribution in [0.1, 0.15) is 12.8 Å². The molecule has 0 bridgehead atoms. The Morgan fingerprint density at radius 3 is 2.79 bits per heavy atom. The molecule has 2 rings (SSSR count). The SMILES string of the molecule is O=C(O)C1CCCN(S(=O)(=O)c2cccc(Br)c2)C1. The average molecular weight is 348 g/mol. The average Bonchev–Trinajstić information content (AvgIpc) is 2.39. The normalized spacial score (nSPS) is 21.2. The highest BCUT2D eigenvalue weighted by atomic mass is 79.9. The van der Waals surface area contributed by atoms with Crippen LogP contribution in [-0.2, 0) is 14.8 Å². The molecule has 1 aliphatic rings. The largest absolute Gasteiger partial charge is 0.481 e. The molecule has 1 heterocycles. The first-order chi connectivity index (χ1) is 8.91. The molecule has 5 nitrogen and oxygen atoms in total. The Hall–Kier alpha value is -0.920. The van der Waals surface area contributed by atoms with Gasteiger partial charge in [0.2, 0.25) is 10.0 Å². The van der Waals surface area contributed by atoms with Crippen molar-refractivity contribution in [3.05, 3.63) is 28.7 Å². The van der Waals surface area contributed by atoms with Crippen molar-refractivity contribution in [3.8, 4) is 0 Å². The van der Waals surface area contributed by atoms with E-state index in [9.17, 15) is 13.2 Å². The summed E-state index contributed by atoms with van der Waals surface area (Å²) in [5.41, 5.74) is 0. The minimum absolute atomic E-state index is 0.0458. The molecule has 1 saturated heterocycles.